The molecule has 0 fully saturated rings. The standard InChI is InChI=1S/C19H24O4/c1-15(21-3)23-14-16-4-6-17(7-5-16)18-8-10-19(11-9-18)22-13-12-20-2/h4-11,15H,12-14H2,1-3H3. The SMILES string of the molecule is COCCOc1ccc(-c2ccc(COC(C)OC)cc2)cc1. The fourth-order valence-corrected chi connectivity index (χ4v) is 2.06. The maximum absolute atomic E-state index is 5.57. The van der Waals surface area contributed by atoms with Crippen molar-refractivity contribution in [3.63, 3.8) is 0 Å². The van der Waals surface area contributed by atoms with Crippen LogP contribution in [0.15, 0.2) is 48.5 Å². The van der Waals surface area contributed by atoms with Gasteiger partial charge in [0.1, 0.15) is 12.4 Å². The van der Waals surface area contributed by atoms with Crippen molar-refractivity contribution in [3.8, 4) is 16.9 Å². The lowest BCUT2D eigenvalue weighted by Crippen LogP contribution is -2.09. The molecule has 0 aliphatic heterocycles. The van der Waals surface area contributed by atoms with Gasteiger partial charge in [0.2, 0.25) is 0 Å². The van der Waals surface area contributed by atoms with Gasteiger partial charge in [-0.15, -0.1) is 0 Å². The molecule has 0 bridgehead atoms. The fraction of sp³-hybridized carbons (Fsp3) is 0.368. The Labute approximate surface area is 137 Å². The Morgan fingerprint density at radius 1 is 0.826 bits per heavy atom. The van der Waals surface area contributed by atoms with Gasteiger partial charge in [-0.05, 0) is 35.7 Å². The minimum absolute atomic E-state index is 0.194. The van der Waals surface area contributed by atoms with Crippen molar-refractivity contribution >= 4 is 0 Å². The van der Waals surface area contributed by atoms with Crippen molar-refractivity contribution in [2.45, 2.75) is 19.8 Å². The van der Waals surface area contributed by atoms with Crippen LogP contribution >= 0.6 is 0 Å². The Balaban J connectivity index is 1.93. The van der Waals surface area contributed by atoms with E-state index in [9.17, 15) is 0 Å². The summed E-state index contributed by atoms with van der Waals surface area (Å²) in [7, 11) is 3.30. The van der Waals surface area contributed by atoms with Crippen molar-refractivity contribution in [2.75, 3.05) is 27.4 Å². The van der Waals surface area contributed by atoms with E-state index in [0.29, 0.717) is 19.8 Å². The summed E-state index contributed by atoms with van der Waals surface area (Å²) in [6, 6.07) is 16.4. The van der Waals surface area contributed by atoms with E-state index < -0.39 is 0 Å². The van der Waals surface area contributed by atoms with Crippen LogP contribution in [0.3, 0.4) is 0 Å². The largest absolute Gasteiger partial charge is 0.491 e. The van der Waals surface area contributed by atoms with Gasteiger partial charge in [0, 0.05) is 14.2 Å². The minimum Gasteiger partial charge on any atom is -0.491 e. The lowest BCUT2D eigenvalue weighted by atomic mass is 10.0. The average Bonchev–Trinajstić information content (AvgIpc) is 2.61. The molecule has 0 saturated carbocycles. The zero-order valence-corrected chi connectivity index (χ0v) is 14.0. The smallest absolute Gasteiger partial charge is 0.154 e. The summed E-state index contributed by atoms with van der Waals surface area (Å²) in [5.41, 5.74) is 3.44. The molecular formula is C19H24O4. The topological polar surface area (TPSA) is 36.9 Å². The molecule has 4 nitrogen and oxygen atoms in total. The summed E-state index contributed by atoms with van der Waals surface area (Å²) in [5, 5.41) is 0. The summed E-state index contributed by atoms with van der Waals surface area (Å²) in [5.74, 6) is 0.851. The number of hydrogen-bond donors (Lipinski definition) is 0. The van der Waals surface area contributed by atoms with E-state index in [1.165, 1.54) is 0 Å². The van der Waals surface area contributed by atoms with Crippen LogP contribution in [0.5, 0.6) is 5.75 Å². The molecule has 2 aromatic rings. The molecule has 2 aromatic carbocycles. The Hall–Kier alpha value is -1.88. The third-order valence-electron chi connectivity index (χ3n) is 3.51. The first-order valence-corrected chi connectivity index (χ1v) is 7.68. The van der Waals surface area contributed by atoms with Gasteiger partial charge in [-0.3, -0.25) is 0 Å². The van der Waals surface area contributed by atoms with Crippen LogP contribution in [0.4, 0.5) is 0 Å². The molecule has 0 saturated heterocycles. The second-order valence-electron chi connectivity index (χ2n) is 5.18. The van der Waals surface area contributed by atoms with E-state index in [-0.39, 0.29) is 6.29 Å². The zero-order valence-electron chi connectivity index (χ0n) is 14.0. The molecule has 4 heteroatoms. The van der Waals surface area contributed by atoms with Crippen LogP contribution in [-0.2, 0) is 20.8 Å². The molecule has 0 heterocycles. The molecule has 0 amide bonds. The monoisotopic (exact) mass is 316 g/mol. The average molecular weight is 316 g/mol. The van der Waals surface area contributed by atoms with E-state index >= 15 is 0 Å². The van der Waals surface area contributed by atoms with Crippen molar-refractivity contribution in [3.05, 3.63) is 54.1 Å². The van der Waals surface area contributed by atoms with E-state index in [0.717, 1.165) is 22.4 Å². The van der Waals surface area contributed by atoms with Gasteiger partial charge < -0.3 is 18.9 Å². The molecule has 0 radical (unpaired) electrons. The first kappa shape index (κ1) is 17.5. The van der Waals surface area contributed by atoms with Gasteiger partial charge in [-0.25, -0.2) is 0 Å². The molecule has 0 aromatic heterocycles. The highest BCUT2D eigenvalue weighted by Crippen LogP contribution is 2.23. The lowest BCUT2D eigenvalue weighted by Gasteiger charge is -2.11. The van der Waals surface area contributed by atoms with Crippen LogP contribution < -0.4 is 4.74 Å². The fourth-order valence-electron chi connectivity index (χ4n) is 2.06. The van der Waals surface area contributed by atoms with E-state index in [4.69, 9.17) is 18.9 Å². The Morgan fingerprint density at radius 2 is 1.43 bits per heavy atom. The molecule has 0 N–H and O–H groups in total. The maximum Gasteiger partial charge on any atom is 0.154 e. The first-order valence-electron chi connectivity index (χ1n) is 7.68. The highest BCUT2D eigenvalue weighted by atomic mass is 16.7. The highest BCUT2D eigenvalue weighted by molar-refractivity contribution is 5.64. The van der Waals surface area contributed by atoms with E-state index in [1.807, 2.05) is 19.1 Å². The molecule has 0 spiro atoms. The molecule has 0 aliphatic carbocycles. The summed E-state index contributed by atoms with van der Waals surface area (Å²) in [6.45, 7) is 3.57. The van der Waals surface area contributed by atoms with Crippen molar-refractivity contribution in [2.24, 2.45) is 0 Å². The van der Waals surface area contributed by atoms with Gasteiger partial charge in [-0.2, -0.15) is 0 Å². The van der Waals surface area contributed by atoms with Crippen molar-refractivity contribution in [1.82, 2.24) is 0 Å². The number of ether oxygens (including phenoxy) is 4. The van der Waals surface area contributed by atoms with Crippen molar-refractivity contribution in [1.29, 1.82) is 0 Å². The predicted molar refractivity (Wildman–Crippen MR) is 90.5 cm³/mol. The number of hydrogen-bond acceptors (Lipinski definition) is 4. The summed E-state index contributed by atoms with van der Waals surface area (Å²) >= 11 is 0. The number of benzene rings is 2. The molecule has 1 atom stereocenters. The molecule has 2 rings (SSSR count). The van der Waals surface area contributed by atoms with Gasteiger partial charge in [0.05, 0.1) is 13.2 Å². The highest BCUT2D eigenvalue weighted by Gasteiger charge is 2.02. The van der Waals surface area contributed by atoms with Crippen LogP contribution in [0, 0.1) is 0 Å². The first-order chi connectivity index (χ1) is 11.2. The van der Waals surface area contributed by atoms with Gasteiger partial charge >= 0.3 is 0 Å². The molecule has 124 valence electrons. The lowest BCUT2D eigenvalue weighted by molar-refractivity contribution is -0.118. The Kier molecular flexibility index (Phi) is 7.07. The predicted octanol–water partition coefficient (Wildman–Crippen LogP) is 3.89. The quantitative estimate of drug-likeness (QED) is 0.519. The van der Waals surface area contributed by atoms with Crippen LogP contribution in [-0.4, -0.2) is 33.7 Å². The zero-order chi connectivity index (χ0) is 16.5. The summed E-state index contributed by atoms with van der Waals surface area (Å²) in [6.07, 6.45) is -0.194. The van der Waals surface area contributed by atoms with Gasteiger partial charge in [0.25, 0.3) is 0 Å². The number of methoxy groups -OCH3 is 2. The minimum atomic E-state index is -0.194. The van der Waals surface area contributed by atoms with E-state index in [1.54, 1.807) is 14.2 Å². The Morgan fingerprint density at radius 3 is 2.00 bits per heavy atom. The molecular weight excluding hydrogens is 292 g/mol. The third kappa shape index (κ3) is 5.67. The normalized spacial score (nSPS) is 12.1. The summed E-state index contributed by atoms with van der Waals surface area (Å²) in [4.78, 5) is 0. The third-order valence-corrected chi connectivity index (χ3v) is 3.51. The van der Waals surface area contributed by atoms with Gasteiger partial charge in [-0.1, -0.05) is 36.4 Å². The van der Waals surface area contributed by atoms with Gasteiger partial charge in [0.15, 0.2) is 6.29 Å². The molecule has 1 unspecified atom stereocenters. The number of rotatable bonds is 9. The van der Waals surface area contributed by atoms with Crippen LogP contribution in [0.1, 0.15) is 12.5 Å². The Bertz CT molecular complexity index is 563. The van der Waals surface area contributed by atoms with Crippen LogP contribution in [0.2, 0.25) is 0 Å². The molecule has 0 aliphatic rings. The van der Waals surface area contributed by atoms with E-state index in [2.05, 4.69) is 36.4 Å². The summed E-state index contributed by atoms with van der Waals surface area (Å²) < 4.78 is 21.1. The second kappa shape index (κ2) is 9.30. The molecule has 23 heavy (non-hydrogen) atoms. The second-order valence-corrected chi connectivity index (χ2v) is 5.18. The maximum atomic E-state index is 5.57. The van der Waals surface area contributed by atoms with Crippen molar-refractivity contribution < 1.29 is 18.9 Å². The van der Waals surface area contributed by atoms with Crippen LogP contribution in [0.25, 0.3) is 11.1 Å².